The van der Waals surface area contributed by atoms with Gasteiger partial charge in [0, 0.05) is 0 Å². The fourth-order valence-corrected chi connectivity index (χ4v) is 0.782. The molecule has 0 bridgehead atoms. The molecule has 0 saturated carbocycles. The quantitative estimate of drug-likeness (QED) is 0.502. The topological polar surface area (TPSA) is 55.4 Å². The van der Waals surface area contributed by atoms with Gasteiger partial charge in [-0.25, -0.2) is 4.79 Å². The van der Waals surface area contributed by atoms with Crippen LogP contribution >= 0.6 is 0 Å². The number of isocyanates is 1. The summed E-state index contributed by atoms with van der Waals surface area (Å²) in [5.74, 6) is 0. The summed E-state index contributed by atoms with van der Waals surface area (Å²) in [5.41, 5.74) is 6.29. The van der Waals surface area contributed by atoms with Crippen LogP contribution in [0.5, 0.6) is 0 Å². The Morgan fingerprint density at radius 2 is 2.00 bits per heavy atom. The lowest BCUT2D eigenvalue weighted by Crippen LogP contribution is -2.06. The molecule has 1 aromatic carbocycles. The van der Waals surface area contributed by atoms with E-state index in [4.69, 9.17) is 5.73 Å². The highest BCUT2D eigenvalue weighted by molar-refractivity contribution is 5.35. The van der Waals surface area contributed by atoms with Crippen molar-refractivity contribution in [3.63, 3.8) is 0 Å². The van der Waals surface area contributed by atoms with Crippen LogP contribution in [0.2, 0.25) is 0 Å². The highest BCUT2D eigenvalue weighted by Crippen LogP contribution is 2.08. The fraction of sp³-hybridized carbons (Fsp3) is 0.125. The van der Waals surface area contributed by atoms with E-state index in [1.807, 2.05) is 30.3 Å². The first kappa shape index (κ1) is 7.66. The van der Waals surface area contributed by atoms with Gasteiger partial charge in [-0.2, -0.15) is 4.99 Å². The SMILES string of the molecule is NC(N=C=O)c1ccccc1. The normalized spacial score (nSPS) is 11.7. The molecule has 0 saturated heterocycles. The van der Waals surface area contributed by atoms with E-state index in [0.717, 1.165) is 5.56 Å². The van der Waals surface area contributed by atoms with Crippen LogP contribution in [0.1, 0.15) is 11.7 Å². The van der Waals surface area contributed by atoms with Gasteiger partial charge in [-0.3, -0.25) is 0 Å². The second kappa shape index (κ2) is 3.66. The van der Waals surface area contributed by atoms with Gasteiger partial charge in [0.1, 0.15) is 6.17 Å². The van der Waals surface area contributed by atoms with Crippen LogP contribution in [0, 0.1) is 0 Å². The third-order valence-electron chi connectivity index (χ3n) is 1.33. The molecule has 1 unspecified atom stereocenters. The maximum Gasteiger partial charge on any atom is 0.236 e. The molecule has 1 aromatic rings. The Hall–Kier alpha value is -1.44. The van der Waals surface area contributed by atoms with Crippen LogP contribution in [-0.4, -0.2) is 6.08 Å². The lowest BCUT2D eigenvalue weighted by Gasteiger charge is -2.01. The Bertz CT molecular complexity index is 265. The van der Waals surface area contributed by atoms with Gasteiger partial charge in [-0.1, -0.05) is 30.3 Å². The van der Waals surface area contributed by atoms with E-state index in [2.05, 4.69) is 4.99 Å². The third-order valence-corrected chi connectivity index (χ3v) is 1.33. The standard InChI is InChI=1S/C8H8N2O/c9-8(10-6-11)7-4-2-1-3-5-7/h1-5,8H,9H2. The number of benzene rings is 1. The highest BCUT2D eigenvalue weighted by Gasteiger charge is 1.99. The number of nitrogens with zero attached hydrogens (tertiary/aromatic N) is 1. The van der Waals surface area contributed by atoms with E-state index in [0.29, 0.717) is 0 Å². The van der Waals surface area contributed by atoms with Gasteiger partial charge in [0.05, 0.1) is 0 Å². The molecule has 2 N–H and O–H groups in total. The van der Waals surface area contributed by atoms with Crippen LogP contribution in [-0.2, 0) is 4.79 Å². The summed E-state index contributed by atoms with van der Waals surface area (Å²) >= 11 is 0. The number of nitrogens with two attached hydrogens (primary N) is 1. The Balaban J connectivity index is 2.84. The number of rotatable bonds is 2. The molecule has 3 heteroatoms. The maximum absolute atomic E-state index is 9.82. The lowest BCUT2D eigenvalue weighted by atomic mass is 10.2. The smallest absolute Gasteiger partial charge is 0.236 e. The van der Waals surface area contributed by atoms with Crippen molar-refractivity contribution in [2.75, 3.05) is 0 Å². The minimum Gasteiger partial charge on any atom is -0.305 e. The summed E-state index contributed by atoms with van der Waals surface area (Å²) in [6.45, 7) is 0. The van der Waals surface area contributed by atoms with Gasteiger partial charge >= 0.3 is 0 Å². The van der Waals surface area contributed by atoms with Crippen LogP contribution < -0.4 is 5.73 Å². The molecule has 1 atom stereocenters. The second-order valence-electron chi connectivity index (χ2n) is 2.08. The highest BCUT2D eigenvalue weighted by atomic mass is 16.1. The summed E-state index contributed by atoms with van der Waals surface area (Å²) < 4.78 is 0. The Kier molecular flexibility index (Phi) is 2.55. The molecule has 3 nitrogen and oxygen atoms in total. The molecule has 0 fully saturated rings. The molecule has 56 valence electrons. The average molecular weight is 148 g/mol. The Morgan fingerprint density at radius 1 is 1.36 bits per heavy atom. The third kappa shape index (κ3) is 2.00. The van der Waals surface area contributed by atoms with Gasteiger partial charge in [-0.05, 0) is 5.56 Å². The monoisotopic (exact) mass is 148 g/mol. The molecule has 0 aromatic heterocycles. The molecular weight excluding hydrogens is 140 g/mol. The van der Waals surface area contributed by atoms with Crippen molar-refractivity contribution in [3.05, 3.63) is 35.9 Å². The van der Waals surface area contributed by atoms with Crippen molar-refractivity contribution >= 4 is 6.08 Å². The van der Waals surface area contributed by atoms with Gasteiger partial charge in [0.25, 0.3) is 0 Å². The molecule has 0 aliphatic carbocycles. The number of carbonyl (C=O) groups excluding carboxylic acids is 1. The zero-order valence-electron chi connectivity index (χ0n) is 5.90. The Labute approximate surface area is 64.6 Å². The van der Waals surface area contributed by atoms with Gasteiger partial charge in [0.15, 0.2) is 0 Å². The van der Waals surface area contributed by atoms with Crippen molar-refractivity contribution < 1.29 is 4.79 Å². The lowest BCUT2D eigenvalue weighted by molar-refractivity contribution is 0.558. The van der Waals surface area contributed by atoms with E-state index in [9.17, 15) is 4.79 Å². The minimum absolute atomic E-state index is 0.575. The molecule has 0 aliphatic heterocycles. The zero-order chi connectivity index (χ0) is 8.10. The zero-order valence-corrected chi connectivity index (χ0v) is 5.90. The first-order chi connectivity index (χ1) is 5.34. The first-order valence-corrected chi connectivity index (χ1v) is 3.22. The second-order valence-corrected chi connectivity index (χ2v) is 2.08. The molecule has 0 radical (unpaired) electrons. The van der Waals surface area contributed by atoms with E-state index in [1.165, 1.54) is 6.08 Å². The maximum atomic E-state index is 9.82. The van der Waals surface area contributed by atoms with Crippen LogP contribution in [0.25, 0.3) is 0 Å². The molecular formula is C8H8N2O. The largest absolute Gasteiger partial charge is 0.305 e. The van der Waals surface area contributed by atoms with Crippen molar-refractivity contribution in [1.82, 2.24) is 0 Å². The first-order valence-electron chi connectivity index (χ1n) is 3.22. The van der Waals surface area contributed by atoms with E-state index in [-0.39, 0.29) is 0 Å². The molecule has 0 spiro atoms. The van der Waals surface area contributed by atoms with Crippen molar-refractivity contribution in [2.24, 2.45) is 10.7 Å². The van der Waals surface area contributed by atoms with E-state index >= 15 is 0 Å². The summed E-state index contributed by atoms with van der Waals surface area (Å²) in [5, 5.41) is 0. The van der Waals surface area contributed by atoms with Crippen LogP contribution in [0.4, 0.5) is 0 Å². The summed E-state index contributed by atoms with van der Waals surface area (Å²) in [4.78, 5) is 13.2. The van der Waals surface area contributed by atoms with E-state index in [1.54, 1.807) is 0 Å². The number of aliphatic imine (C=N–C) groups is 1. The summed E-state index contributed by atoms with van der Waals surface area (Å²) in [6.07, 6.45) is 0.841. The van der Waals surface area contributed by atoms with Crippen molar-refractivity contribution in [3.8, 4) is 0 Å². The van der Waals surface area contributed by atoms with Crippen molar-refractivity contribution in [1.29, 1.82) is 0 Å². The number of hydrogen-bond donors (Lipinski definition) is 1. The van der Waals surface area contributed by atoms with Gasteiger partial charge < -0.3 is 5.73 Å². The van der Waals surface area contributed by atoms with Gasteiger partial charge in [-0.15, -0.1) is 0 Å². The summed E-state index contributed by atoms with van der Waals surface area (Å²) in [6, 6.07) is 9.18. The predicted molar refractivity (Wildman–Crippen MR) is 41.5 cm³/mol. The predicted octanol–water partition coefficient (Wildman–Crippen LogP) is 0.980. The molecule has 0 amide bonds. The minimum atomic E-state index is -0.575. The van der Waals surface area contributed by atoms with Crippen LogP contribution in [0.3, 0.4) is 0 Å². The molecule has 1 rings (SSSR count). The van der Waals surface area contributed by atoms with Crippen molar-refractivity contribution in [2.45, 2.75) is 6.17 Å². The average Bonchev–Trinajstić information content (AvgIpc) is 2.07. The Morgan fingerprint density at radius 3 is 2.55 bits per heavy atom. The van der Waals surface area contributed by atoms with Gasteiger partial charge in [0.2, 0.25) is 6.08 Å². The molecule has 0 aliphatic rings. The number of hydrogen-bond acceptors (Lipinski definition) is 3. The van der Waals surface area contributed by atoms with E-state index < -0.39 is 6.17 Å². The van der Waals surface area contributed by atoms with Crippen LogP contribution in [0.15, 0.2) is 35.3 Å². The summed E-state index contributed by atoms with van der Waals surface area (Å²) in [7, 11) is 0. The fourth-order valence-electron chi connectivity index (χ4n) is 0.782. The molecule has 11 heavy (non-hydrogen) atoms. The molecule has 0 heterocycles.